The quantitative estimate of drug-likeness (QED) is 0.270. The predicted molar refractivity (Wildman–Crippen MR) is 149 cm³/mol. The number of nitrogens with one attached hydrogen (secondary N) is 2. The number of carboxylic acid groups (broad SMARTS) is 1. The molecule has 0 saturated carbocycles. The van der Waals surface area contributed by atoms with Crippen molar-refractivity contribution in [1.82, 2.24) is 24.8 Å². The van der Waals surface area contributed by atoms with Gasteiger partial charge in [-0.3, -0.25) is 9.59 Å². The maximum atomic E-state index is 13.6. The lowest BCUT2D eigenvalue weighted by molar-refractivity contribution is -0.236. The van der Waals surface area contributed by atoms with Gasteiger partial charge in [0, 0.05) is 32.4 Å². The van der Waals surface area contributed by atoms with Crippen LogP contribution in [0.25, 0.3) is 22.6 Å². The number of carboxylic acids is 1. The van der Waals surface area contributed by atoms with Crippen LogP contribution in [0.15, 0.2) is 66.9 Å². The van der Waals surface area contributed by atoms with Crippen molar-refractivity contribution in [2.24, 2.45) is 5.41 Å². The number of benzene rings is 2. The van der Waals surface area contributed by atoms with Crippen LogP contribution in [0.3, 0.4) is 0 Å². The van der Waals surface area contributed by atoms with E-state index in [4.69, 9.17) is 9.47 Å². The molecule has 0 aliphatic carbocycles. The standard InChI is InChI=1S/C26H24FN5O4.C3H7NO/c1-26(24(33)34)14-35-23(36-15-26)22-31-20(17-7-9-18(27)10-8-17)21(32-22)19-11-12-28-25(30-19)29-13-16-5-3-2-4-6-16;1-4(2)3-5/h2-12,23H,13-15H2,1H3,(H,31,32)(H,33,34)(H,28,29,30);3H,1-2H3. The Morgan fingerprint density at radius 1 is 1.12 bits per heavy atom. The first-order chi connectivity index (χ1) is 19.7. The van der Waals surface area contributed by atoms with E-state index in [9.17, 15) is 19.1 Å². The van der Waals surface area contributed by atoms with Crippen LogP contribution < -0.4 is 5.32 Å². The molecule has 1 fully saturated rings. The van der Waals surface area contributed by atoms with E-state index in [1.807, 2.05) is 30.3 Å². The van der Waals surface area contributed by atoms with Crippen molar-refractivity contribution in [3.63, 3.8) is 0 Å². The van der Waals surface area contributed by atoms with Gasteiger partial charge < -0.3 is 29.8 Å². The predicted octanol–water partition coefficient (Wildman–Crippen LogP) is 4.13. The van der Waals surface area contributed by atoms with Crippen LogP contribution in [0.5, 0.6) is 0 Å². The summed E-state index contributed by atoms with van der Waals surface area (Å²) in [7, 11) is 3.38. The van der Waals surface area contributed by atoms with Gasteiger partial charge in [-0.2, -0.15) is 0 Å². The number of nitrogens with zero attached hydrogens (tertiary/aromatic N) is 4. The molecule has 2 aromatic carbocycles. The lowest BCUT2D eigenvalue weighted by Gasteiger charge is -2.33. The van der Waals surface area contributed by atoms with E-state index < -0.39 is 17.7 Å². The van der Waals surface area contributed by atoms with Crippen LogP contribution >= 0.6 is 0 Å². The van der Waals surface area contributed by atoms with Gasteiger partial charge in [0.2, 0.25) is 18.6 Å². The van der Waals surface area contributed by atoms with Gasteiger partial charge in [0.15, 0.2) is 5.82 Å². The second kappa shape index (κ2) is 13.1. The lowest BCUT2D eigenvalue weighted by Crippen LogP contribution is -2.42. The van der Waals surface area contributed by atoms with Gasteiger partial charge in [-0.05, 0) is 42.8 Å². The Morgan fingerprint density at radius 2 is 1.78 bits per heavy atom. The number of H-pyrrole nitrogens is 1. The van der Waals surface area contributed by atoms with Crippen molar-refractivity contribution >= 4 is 18.3 Å². The second-order valence-corrected chi connectivity index (χ2v) is 9.85. The van der Waals surface area contributed by atoms with Gasteiger partial charge in [0.1, 0.15) is 11.2 Å². The Balaban J connectivity index is 0.000000714. The first kappa shape index (κ1) is 29.3. The zero-order valence-corrected chi connectivity index (χ0v) is 22.9. The average Bonchev–Trinajstić information content (AvgIpc) is 3.43. The van der Waals surface area contributed by atoms with Crippen molar-refractivity contribution in [3.05, 3.63) is 84.1 Å². The molecule has 0 unspecified atom stereocenters. The molecular weight excluding hydrogens is 531 g/mol. The number of imidazole rings is 1. The van der Waals surface area contributed by atoms with Gasteiger partial charge in [0.25, 0.3) is 0 Å². The molecule has 1 aliphatic rings. The number of ether oxygens (including phenoxy) is 2. The molecule has 3 heterocycles. The number of hydrogen-bond donors (Lipinski definition) is 3. The van der Waals surface area contributed by atoms with Gasteiger partial charge in [-0.1, -0.05) is 30.3 Å². The Kier molecular flexibility index (Phi) is 9.37. The SMILES string of the molecule is CC1(C(=O)O)COC(c2nc(-c3ccc(F)cc3)c(-c3ccnc(NCc4ccccc4)n3)[nH]2)OC1.CN(C)C=O. The minimum Gasteiger partial charge on any atom is -0.481 e. The summed E-state index contributed by atoms with van der Waals surface area (Å²) in [4.78, 5) is 39.2. The molecule has 3 N–H and O–H groups in total. The Labute approximate surface area is 236 Å². The summed E-state index contributed by atoms with van der Waals surface area (Å²) in [5, 5.41) is 12.6. The fourth-order valence-electron chi connectivity index (χ4n) is 3.76. The minimum atomic E-state index is -1.14. The number of carbonyl (C=O) groups excluding carboxylic acids is 1. The Morgan fingerprint density at radius 3 is 2.39 bits per heavy atom. The molecule has 0 spiro atoms. The van der Waals surface area contributed by atoms with E-state index in [-0.39, 0.29) is 19.0 Å². The van der Waals surface area contributed by atoms with Crippen LogP contribution in [0.4, 0.5) is 10.3 Å². The molecular formula is C29H31FN6O5. The molecule has 1 amide bonds. The van der Waals surface area contributed by atoms with Crippen LogP contribution in [0, 0.1) is 11.2 Å². The fourth-order valence-corrected chi connectivity index (χ4v) is 3.76. The van der Waals surface area contributed by atoms with Gasteiger partial charge in [-0.25, -0.2) is 19.3 Å². The molecule has 1 aliphatic heterocycles. The summed E-state index contributed by atoms with van der Waals surface area (Å²) in [6, 6.07) is 17.6. The lowest BCUT2D eigenvalue weighted by atomic mass is 9.92. The monoisotopic (exact) mass is 562 g/mol. The molecule has 2 aromatic heterocycles. The smallest absolute Gasteiger partial charge is 0.314 e. The number of halogens is 1. The third-order valence-electron chi connectivity index (χ3n) is 6.10. The Bertz CT molecular complexity index is 1450. The number of anilines is 1. The minimum absolute atomic E-state index is 0.0318. The van der Waals surface area contributed by atoms with Gasteiger partial charge in [0.05, 0.1) is 30.3 Å². The van der Waals surface area contributed by atoms with E-state index in [0.29, 0.717) is 41.0 Å². The second-order valence-electron chi connectivity index (χ2n) is 9.85. The number of rotatable bonds is 8. The number of aliphatic carboxylic acids is 1. The summed E-state index contributed by atoms with van der Waals surface area (Å²) >= 11 is 0. The van der Waals surface area contributed by atoms with Crippen molar-refractivity contribution in [1.29, 1.82) is 0 Å². The molecule has 1 saturated heterocycles. The number of aromatic nitrogens is 4. The highest BCUT2D eigenvalue weighted by Gasteiger charge is 2.41. The van der Waals surface area contributed by atoms with Crippen molar-refractivity contribution in [2.45, 2.75) is 19.8 Å². The number of amides is 1. The number of aromatic amines is 1. The Hall–Kier alpha value is -4.68. The summed E-state index contributed by atoms with van der Waals surface area (Å²) < 4.78 is 25.0. The van der Waals surface area contributed by atoms with Crippen molar-refractivity contribution in [2.75, 3.05) is 32.6 Å². The topological polar surface area (TPSA) is 143 Å². The van der Waals surface area contributed by atoms with Gasteiger partial charge >= 0.3 is 5.97 Å². The molecule has 0 radical (unpaired) electrons. The highest BCUT2D eigenvalue weighted by atomic mass is 19.1. The molecule has 4 aromatic rings. The first-order valence-electron chi connectivity index (χ1n) is 12.7. The fraction of sp³-hybridized carbons (Fsp3) is 0.276. The van der Waals surface area contributed by atoms with Crippen molar-refractivity contribution < 1.29 is 28.6 Å². The van der Waals surface area contributed by atoms with Crippen LogP contribution in [0.1, 0.15) is 24.6 Å². The molecule has 214 valence electrons. The van der Waals surface area contributed by atoms with E-state index in [1.54, 1.807) is 45.4 Å². The summed E-state index contributed by atoms with van der Waals surface area (Å²) in [6.07, 6.45) is 1.50. The van der Waals surface area contributed by atoms with Crippen LogP contribution in [-0.4, -0.2) is 69.6 Å². The van der Waals surface area contributed by atoms with E-state index in [2.05, 4.69) is 25.3 Å². The molecule has 0 atom stereocenters. The highest BCUT2D eigenvalue weighted by molar-refractivity contribution is 5.77. The summed E-state index contributed by atoms with van der Waals surface area (Å²) in [5.41, 5.74) is 2.26. The average molecular weight is 563 g/mol. The number of hydrogen-bond acceptors (Lipinski definition) is 8. The first-order valence-corrected chi connectivity index (χ1v) is 12.7. The largest absolute Gasteiger partial charge is 0.481 e. The van der Waals surface area contributed by atoms with Crippen molar-refractivity contribution in [3.8, 4) is 22.6 Å². The molecule has 5 rings (SSSR count). The highest BCUT2D eigenvalue weighted by Crippen LogP contribution is 2.35. The zero-order valence-electron chi connectivity index (χ0n) is 22.9. The summed E-state index contributed by atoms with van der Waals surface area (Å²) in [6.45, 7) is 2.05. The maximum Gasteiger partial charge on any atom is 0.314 e. The van der Waals surface area contributed by atoms with Crippen LogP contribution in [-0.2, 0) is 25.6 Å². The van der Waals surface area contributed by atoms with Crippen LogP contribution in [0.2, 0.25) is 0 Å². The molecule has 12 heteroatoms. The summed E-state index contributed by atoms with van der Waals surface area (Å²) in [5.74, 6) is -0.573. The molecule has 0 bridgehead atoms. The third-order valence-corrected chi connectivity index (χ3v) is 6.10. The van der Waals surface area contributed by atoms with E-state index in [0.717, 1.165) is 12.0 Å². The molecule has 41 heavy (non-hydrogen) atoms. The maximum absolute atomic E-state index is 13.6. The normalized spacial score (nSPS) is 18.1. The zero-order chi connectivity index (χ0) is 29.4. The van der Waals surface area contributed by atoms with Gasteiger partial charge in [-0.15, -0.1) is 0 Å². The van der Waals surface area contributed by atoms with E-state index >= 15 is 0 Å². The molecule has 11 nitrogen and oxygen atoms in total. The number of carbonyl (C=O) groups is 2. The third kappa shape index (κ3) is 7.50. The van der Waals surface area contributed by atoms with E-state index in [1.165, 1.54) is 17.0 Å².